The summed E-state index contributed by atoms with van der Waals surface area (Å²) in [5.74, 6) is -0.546. The molecule has 0 heterocycles. The number of hydrogen-bond donors (Lipinski definition) is 1. The van der Waals surface area contributed by atoms with Gasteiger partial charge in [-0.3, -0.25) is 0 Å². The van der Waals surface area contributed by atoms with Crippen molar-refractivity contribution in [1.82, 2.24) is 0 Å². The molecule has 3 nitrogen and oxygen atoms in total. The Morgan fingerprint density at radius 2 is 1.89 bits per heavy atom. The molecular weight excluding hydrogens is 240 g/mol. The van der Waals surface area contributed by atoms with E-state index in [-0.39, 0.29) is 5.92 Å². The summed E-state index contributed by atoms with van der Waals surface area (Å²) in [7, 11) is 0. The van der Waals surface area contributed by atoms with Crippen molar-refractivity contribution >= 4 is 5.97 Å². The smallest absolute Gasteiger partial charge is 0.343 e. The third kappa shape index (κ3) is 2.81. The van der Waals surface area contributed by atoms with Gasteiger partial charge in [0.1, 0.15) is 0 Å². The van der Waals surface area contributed by atoms with Crippen molar-refractivity contribution in [3.63, 3.8) is 0 Å². The van der Waals surface area contributed by atoms with Gasteiger partial charge in [0.15, 0.2) is 5.60 Å². The Morgan fingerprint density at radius 1 is 1.26 bits per heavy atom. The molecule has 1 N–H and O–H groups in total. The largest absolute Gasteiger partial charge is 0.464 e. The maximum Gasteiger partial charge on any atom is 0.343 e. The van der Waals surface area contributed by atoms with Crippen LogP contribution in [0.25, 0.3) is 0 Å². The van der Waals surface area contributed by atoms with Gasteiger partial charge < -0.3 is 9.84 Å². The van der Waals surface area contributed by atoms with Crippen molar-refractivity contribution in [2.24, 2.45) is 5.92 Å². The van der Waals surface area contributed by atoms with Gasteiger partial charge in [-0.1, -0.05) is 49.6 Å². The van der Waals surface area contributed by atoms with Gasteiger partial charge in [-0.2, -0.15) is 0 Å². The van der Waals surface area contributed by atoms with Crippen LogP contribution in [0.4, 0.5) is 0 Å². The van der Waals surface area contributed by atoms with Crippen molar-refractivity contribution in [1.29, 1.82) is 0 Å². The molecule has 1 atom stereocenters. The minimum absolute atomic E-state index is 0.0392. The van der Waals surface area contributed by atoms with Crippen LogP contribution in [0.15, 0.2) is 30.3 Å². The quantitative estimate of drug-likeness (QED) is 0.848. The highest BCUT2D eigenvalue weighted by molar-refractivity contribution is 5.81. The number of hydrogen-bond acceptors (Lipinski definition) is 3. The van der Waals surface area contributed by atoms with E-state index in [2.05, 4.69) is 0 Å². The Hall–Kier alpha value is -1.35. The molecule has 0 saturated heterocycles. The summed E-state index contributed by atoms with van der Waals surface area (Å²) in [6.07, 6.45) is 5.08. The molecule has 104 valence electrons. The highest BCUT2D eigenvalue weighted by atomic mass is 16.5. The Labute approximate surface area is 114 Å². The van der Waals surface area contributed by atoms with E-state index in [0.29, 0.717) is 12.2 Å². The van der Waals surface area contributed by atoms with Gasteiger partial charge in [-0.05, 0) is 25.3 Å². The Kier molecular flexibility index (Phi) is 4.59. The minimum atomic E-state index is -1.49. The lowest BCUT2D eigenvalue weighted by molar-refractivity contribution is -0.175. The molecule has 1 fully saturated rings. The third-order valence-electron chi connectivity index (χ3n) is 4.00. The number of esters is 1. The fraction of sp³-hybridized carbons (Fsp3) is 0.562. The van der Waals surface area contributed by atoms with Crippen LogP contribution in [0.3, 0.4) is 0 Å². The zero-order valence-corrected chi connectivity index (χ0v) is 11.5. The first-order chi connectivity index (χ1) is 9.19. The normalized spacial score (nSPS) is 19.7. The van der Waals surface area contributed by atoms with Crippen LogP contribution in [-0.2, 0) is 15.1 Å². The second kappa shape index (κ2) is 6.20. The molecule has 1 aliphatic carbocycles. The monoisotopic (exact) mass is 262 g/mol. The van der Waals surface area contributed by atoms with Crippen LogP contribution in [-0.4, -0.2) is 17.7 Å². The van der Waals surface area contributed by atoms with E-state index in [1.807, 2.05) is 30.3 Å². The summed E-state index contributed by atoms with van der Waals surface area (Å²) >= 11 is 0. The van der Waals surface area contributed by atoms with Crippen LogP contribution in [0.1, 0.15) is 44.6 Å². The number of benzene rings is 1. The SMILES string of the molecule is CCOC(=O)[C@@](O)(c1ccccc1)C1CCCCC1. The van der Waals surface area contributed by atoms with Gasteiger partial charge in [0.05, 0.1) is 6.61 Å². The highest BCUT2D eigenvalue weighted by Crippen LogP contribution is 2.40. The Bertz CT molecular complexity index is 409. The van der Waals surface area contributed by atoms with Crippen LogP contribution in [0.5, 0.6) is 0 Å². The molecule has 0 amide bonds. The van der Waals surface area contributed by atoms with Crippen molar-refractivity contribution in [2.45, 2.75) is 44.6 Å². The molecule has 0 aromatic heterocycles. The van der Waals surface area contributed by atoms with E-state index >= 15 is 0 Å². The van der Waals surface area contributed by atoms with Crippen LogP contribution in [0, 0.1) is 5.92 Å². The average Bonchev–Trinajstić information content (AvgIpc) is 2.48. The Morgan fingerprint density at radius 3 is 2.47 bits per heavy atom. The first-order valence-electron chi connectivity index (χ1n) is 7.14. The Balaban J connectivity index is 2.34. The van der Waals surface area contributed by atoms with Gasteiger partial charge >= 0.3 is 5.97 Å². The van der Waals surface area contributed by atoms with Gasteiger partial charge in [0.25, 0.3) is 0 Å². The lowest BCUT2D eigenvalue weighted by Gasteiger charge is -2.36. The summed E-state index contributed by atoms with van der Waals surface area (Å²) in [6.45, 7) is 2.06. The van der Waals surface area contributed by atoms with Gasteiger partial charge in [-0.15, -0.1) is 0 Å². The summed E-state index contributed by atoms with van der Waals surface area (Å²) < 4.78 is 5.13. The maximum atomic E-state index is 12.3. The molecule has 1 aromatic carbocycles. The van der Waals surface area contributed by atoms with E-state index in [1.165, 1.54) is 6.42 Å². The van der Waals surface area contributed by atoms with E-state index in [9.17, 15) is 9.90 Å². The molecule has 0 spiro atoms. The van der Waals surface area contributed by atoms with Crippen molar-refractivity contribution < 1.29 is 14.6 Å². The van der Waals surface area contributed by atoms with Gasteiger partial charge in [-0.25, -0.2) is 4.79 Å². The van der Waals surface area contributed by atoms with Crippen LogP contribution < -0.4 is 0 Å². The molecule has 2 rings (SSSR count). The number of rotatable bonds is 4. The second-order valence-corrected chi connectivity index (χ2v) is 5.19. The molecule has 1 aromatic rings. The summed E-state index contributed by atoms with van der Waals surface area (Å²) in [5.41, 5.74) is -0.835. The predicted molar refractivity (Wildman–Crippen MR) is 73.5 cm³/mol. The van der Waals surface area contributed by atoms with Crippen LogP contribution >= 0.6 is 0 Å². The molecule has 1 aliphatic rings. The summed E-state index contributed by atoms with van der Waals surface area (Å²) in [4.78, 5) is 12.3. The molecule has 19 heavy (non-hydrogen) atoms. The fourth-order valence-corrected chi connectivity index (χ4v) is 2.97. The maximum absolute atomic E-state index is 12.3. The third-order valence-corrected chi connectivity index (χ3v) is 4.00. The van der Waals surface area contributed by atoms with E-state index in [0.717, 1.165) is 25.7 Å². The molecule has 0 aliphatic heterocycles. The van der Waals surface area contributed by atoms with E-state index in [1.54, 1.807) is 6.92 Å². The predicted octanol–water partition coefficient (Wildman–Crippen LogP) is 3.02. The molecule has 3 heteroatoms. The number of carbonyl (C=O) groups is 1. The van der Waals surface area contributed by atoms with E-state index < -0.39 is 11.6 Å². The number of carbonyl (C=O) groups excluding carboxylic acids is 1. The topological polar surface area (TPSA) is 46.5 Å². The molecule has 0 bridgehead atoms. The summed E-state index contributed by atoms with van der Waals surface area (Å²) in [5, 5.41) is 11.0. The first-order valence-corrected chi connectivity index (χ1v) is 7.14. The van der Waals surface area contributed by atoms with Crippen molar-refractivity contribution in [3.8, 4) is 0 Å². The zero-order chi connectivity index (χ0) is 13.7. The van der Waals surface area contributed by atoms with E-state index in [4.69, 9.17) is 4.74 Å². The summed E-state index contributed by atoms with van der Waals surface area (Å²) in [6, 6.07) is 9.21. The van der Waals surface area contributed by atoms with Crippen molar-refractivity contribution in [2.75, 3.05) is 6.61 Å². The van der Waals surface area contributed by atoms with Crippen LogP contribution in [0.2, 0.25) is 0 Å². The molecule has 0 radical (unpaired) electrons. The average molecular weight is 262 g/mol. The number of ether oxygens (including phenoxy) is 1. The highest BCUT2D eigenvalue weighted by Gasteiger charge is 2.46. The first kappa shape index (κ1) is 14.1. The van der Waals surface area contributed by atoms with Gasteiger partial charge in [0, 0.05) is 5.92 Å². The lowest BCUT2D eigenvalue weighted by atomic mass is 9.73. The van der Waals surface area contributed by atoms with Gasteiger partial charge in [0.2, 0.25) is 0 Å². The lowest BCUT2D eigenvalue weighted by Crippen LogP contribution is -2.45. The standard InChI is InChI=1S/C16H22O3/c1-2-19-15(17)16(18,13-9-5-3-6-10-13)14-11-7-4-8-12-14/h3,5-6,9-10,14,18H,2,4,7-8,11-12H2,1H3/t16-/m1/s1. The number of aliphatic hydroxyl groups is 1. The second-order valence-electron chi connectivity index (χ2n) is 5.19. The minimum Gasteiger partial charge on any atom is -0.464 e. The molecule has 1 saturated carbocycles. The zero-order valence-electron chi connectivity index (χ0n) is 11.5. The fourth-order valence-electron chi connectivity index (χ4n) is 2.97. The molecule has 0 unspecified atom stereocenters. The molecular formula is C16H22O3. The van der Waals surface area contributed by atoms with Crippen molar-refractivity contribution in [3.05, 3.63) is 35.9 Å².